The van der Waals surface area contributed by atoms with Gasteiger partial charge in [-0.1, -0.05) is 36.4 Å². The molecular weight excluding hydrogens is 320 g/mol. The predicted octanol–water partition coefficient (Wildman–Crippen LogP) is 3.36. The van der Waals surface area contributed by atoms with E-state index in [0.29, 0.717) is 11.5 Å². The number of fused-ring (bicyclic) bond motifs is 2. The summed E-state index contributed by atoms with van der Waals surface area (Å²) in [6.07, 6.45) is 1.75. The molecule has 0 N–H and O–H groups in total. The summed E-state index contributed by atoms with van der Waals surface area (Å²) in [5.41, 5.74) is 4.78. The summed E-state index contributed by atoms with van der Waals surface area (Å²) in [6.45, 7) is 4.12. The number of rotatable bonds is 4. The van der Waals surface area contributed by atoms with E-state index in [2.05, 4.69) is 50.2 Å². The number of para-hydroxylation sites is 2. The highest BCUT2D eigenvalue weighted by Gasteiger charge is 2.29. The van der Waals surface area contributed by atoms with Crippen molar-refractivity contribution in [1.82, 2.24) is 0 Å². The van der Waals surface area contributed by atoms with Crippen LogP contribution < -0.4 is 9.47 Å². The van der Waals surface area contributed by atoms with Gasteiger partial charge in [0, 0.05) is 23.6 Å². The number of benzene rings is 2. The van der Waals surface area contributed by atoms with Crippen molar-refractivity contribution in [3.8, 4) is 11.5 Å². The SMILES string of the molecule is Cc1cccc2c1OC(CS(=O)CC1Cc3cccc(C)c3O1)C2. The minimum Gasteiger partial charge on any atom is -0.489 e. The topological polar surface area (TPSA) is 35.5 Å². The van der Waals surface area contributed by atoms with E-state index in [-0.39, 0.29) is 12.2 Å². The maximum atomic E-state index is 12.6. The zero-order chi connectivity index (χ0) is 16.7. The Kier molecular flexibility index (Phi) is 4.09. The number of aryl methyl sites for hydroxylation is 2. The quantitative estimate of drug-likeness (QED) is 0.855. The van der Waals surface area contributed by atoms with Crippen LogP contribution in [0, 0.1) is 13.8 Å². The third kappa shape index (κ3) is 2.95. The molecule has 24 heavy (non-hydrogen) atoms. The third-order valence-corrected chi connectivity index (χ3v) is 6.28. The van der Waals surface area contributed by atoms with E-state index in [9.17, 15) is 4.21 Å². The van der Waals surface area contributed by atoms with Crippen LogP contribution in [-0.4, -0.2) is 27.9 Å². The smallest absolute Gasteiger partial charge is 0.126 e. The van der Waals surface area contributed by atoms with Crippen LogP contribution in [0.15, 0.2) is 36.4 Å². The van der Waals surface area contributed by atoms with Crippen LogP contribution in [0.4, 0.5) is 0 Å². The summed E-state index contributed by atoms with van der Waals surface area (Å²) < 4.78 is 24.6. The molecule has 4 heteroatoms. The first kappa shape index (κ1) is 15.7. The lowest BCUT2D eigenvalue weighted by molar-refractivity contribution is 0.250. The van der Waals surface area contributed by atoms with Crippen molar-refractivity contribution < 1.29 is 13.7 Å². The standard InChI is InChI=1S/C20H22O3S/c1-13-5-3-7-15-9-17(22-19(13)15)11-24(21)12-18-10-16-8-4-6-14(2)20(16)23-18/h3-8,17-18H,9-12H2,1-2H3. The van der Waals surface area contributed by atoms with Crippen LogP contribution in [0.25, 0.3) is 0 Å². The summed E-state index contributed by atoms with van der Waals surface area (Å²) >= 11 is 0. The summed E-state index contributed by atoms with van der Waals surface area (Å²) in [5, 5.41) is 0. The van der Waals surface area contributed by atoms with Gasteiger partial charge in [-0.05, 0) is 36.1 Å². The van der Waals surface area contributed by atoms with E-state index in [1.165, 1.54) is 11.1 Å². The van der Waals surface area contributed by atoms with Crippen molar-refractivity contribution in [2.45, 2.75) is 38.9 Å². The van der Waals surface area contributed by atoms with Crippen LogP contribution in [0.2, 0.25) is 0 Å². The van der Waals surface area contributed by atoms with E-state index >= 15 is 0 Å². The van der Waals surface area contributed by atoms with Gasteiger partial charge in [-0.2, -0.15) is 0 Å². The van der Waals surface area contributed by atoms with Crippen molar-refractivity contribution in [3.63, 3.8) is 0 Å². The Morgan fingerprint density at radius 2 is 1.33 bits per heavy atom. The predicted molar refractivity (Wildman–Crippen MR) is 96.5 cm³/mol. The van der Waals surface area contributed by atoms with Gasteiger partial charge in [-0.25, -0.2) is 0 Å². The summed E-state index contributed by atoms with van der Waals surface area (Å²) in [5.74, 6) is 3.12. The van der Waals surface area contributed by atoms with Gasteiger partial charge < -0.3 is 9.47 Å². The Morgan fingerprint density at radius 1 is 0.875 bits per heavy atom. The highest BCUT2D eigenvalue weighted by Crippen LogP contribution is 2.34. The molecule has 126 valence electrons. The first-order chi connectivity index (χ1) is 11.6. The Bertz CT molecular complexity index is 734. The molecule has 2 aliphatic heterocycles. The Balaban J connectivity index is 1.34. The van der Waals surface area contributed by atoms with Crippen LogP contribution in [0.1, 0.15) is 22.3 Å². The van der Waals surface area contributed by atoms with Gasteiger partial charge in [0.05, 0.1) is 11.5 Å². The highest BCUT2D eigenvalue weighted by atomic mass is 32.2. The fourth-order valence-electron chi connectivity index (χ4n) is 3.66. The second-order valence-corrected chi connectivity index (χ2v) is 8.33. The molecule has 3 nitrogen and oxygen atoms in total. The van der Waals surface area contributed by atoms with Crippen molar-refractivity contribution in [3.05, 3.63) is 58.7 Å². The number of hydrogen-bond donors (Lipinski definition) is 0. The molecule has 0 spiro atoms. The van der Waals surface area contributed by atoms with Crippen LogP contribution in [0.5, 0.6) is 11.5 Å². The number of ether oxygens (including phenoxy) is 2. The largest absolute Gasteiger partial charge is 0.489 e. The molecule has 4 rings (SSSR count). The molecule has 0 bridgehead atoms. The molecule has 0 fully saturated rings. The van der Waals surface area contributed by atoms with Crippen molar-refractivity contribution in [2.24, 2.45) is 0 Å². The molecule has 2 atom stereocenters. The van der Waals surface area contributed by atoms with Gasteiger partial charge in [0.2, 0.25) is 0 Å². The van der Waals surface area contributed by atoms with Gasteiger partial charge in [0.1, 0.15) is 23.7 Å². The summed E-state index contributed by atoms with van der Waals surface area (Å²) in [4.78, 5) is 0. The van der Waals surface area contributed by atoms with E-state index < -0.39 is 10.8 Å². The monoisotopic (exact) mass is 342 g/mol. The Morgan fingerprint density at radius 3 is 1.75 bits per heavy atom. The van der Waals surface area contributed by atoms with Crippen molar-refractivity contribution in [2.75, 3.05) is 11.5 Å². The fourth-order valence-corrected chi connectivity index (χ4v) is 5.00. The maximum Gasteiger partial charge on any atom is 0.126 e. The Hall–Kier alpha value is -1.81. The van der Waals surface area contributed by atoms with Crippen molar-refractivity contribution >= 4 is 10.8 Å². The molecule has 0 saturated heterocycles. The second kappa shape index (κ2) is 6.25. The molecule has 2 unspecified atom stereocenters. The first-order valence-electron chi connectivity index (χ1n) is 8.45. The Labute approximate surface area is 145 Å². The molecule has 2 aliphatic rings. The zero-order valence-electron chi connectivity index (χ0n) is 14.1. The lowest BCUT2D eigenvalue weighted by Gasteiger charge is -2.14. The fraction of sp³-hybridized carbons (Fsp3) is 0.400. The van der Waals surface area contributed by atoms with Gasteiger partial charge in [-0.15, -0.1) is 0 Å². The zero-order valence-corrected chi connectivity index (χ0v) is 14.9. The van der Waals surface area contributed by atoms with Crippen molar-refractivity contribution in [1.29, 1.82) is 0 Å². The normalized spacial score (nSPS) is 22.4. The molecule has 2 aromatic rings. The molecule has 2 aromatic carbocycles. The number of hydrogen-bond acceptors (Lipinski definition) is 3. The molecule has 2 heterocycles. The average Bonchev–Trinajstić information content (AvgIpc) is 3.12. The van der Waals surface area contributed by atoms with E-state index in [1.54, 1.807) is 0 Å². The lowest BCUT2D eigenvalue weighted by atomic mass is 10.1. The van der Waals surface area contributed by atoms with E-state index in [1.807, 2.05) is 0 Å². The van der Waals surface area contributed by atoms with E-state index in [4.69, 9.17) is 9.47 Å². The first-order valence-corrected chi connectivity index (χ1v) is 9.94. The molecule has 0 saturated carbocycles. The molecular formula is C20H22O3S. The highest BCUT2D eigenvalue weighted by molar-refractivity contribution is 7.85. The maximum absolute atomic E-state index is 12.6. The van der Waals surface area contributed by atoms with Crippen LogP contribution in [0.3, 0.4) is 0 Å². The molecule has 0 aromatic heterocycles. The summed E-state index contributed by atoms with van der Waals surface area (Å²) in [7, 11) is -0.939. The van der Waals surface area contributed by atoms with E-state index in [0.717, 1.165) is 35.5 Å². The lowest BCUT2D eigenvalue weighted by Crippen LogP contribution is -2.28. The van der Waals surface area contributed by atoms with Gasteiger partial charge in [-0.3, -0.25) is 4.21 Å². The van der Waals surface area contributed by atoms with Gasteiger partial charge in [0.15, 0.2) is 0 Å². The minimum atomic E-state index is -0.939. The second-order valence-electron chi connectivity index (χ2n) is 6.79. The van der Waals surface area contributed by atoms with Gasteiger partial charge in [0.25, 0.3) is 0 Å². The minimum absolute atomic E-state index is 0.0208. The summed E-state index contributed by atoms with van der Waals surface area (Å²) in [6, 6.07) is 12.4. The van der Waals surface area contributed by atoms with Crippen LogP contribution >= 0.6 is 0 Å². The van der Waals surface area contributed by atoms with Gasteiger partial charge >= 0.3 is 0 Å². The molecule has 0 amide bonds. The molecule has 0 aliphatic carbocycles. The average molecular weight is 342 g/mol. The van der Waals surface area contributed by atoms with Crippen LogP contribution in [-0.2, 0) is 23.6 Å². The molecule has 0 radical (unpaired) electrons. The third-order valence-electron chi connectivity index (χ3n) is 4.79.